The highest BCUT2D eigenvalue weighted by atomic mass is 16.7. The van der Waals surface area contributed by atoms with Gasteiger partial charge in [0, 0.05) is 19.3 Å². The molecule has 0 aromatic rings. The second-order valence-corrected chi connectivity index (χ2v) is 4.99. The van der Waals surface area contributed by atoms with E-state index in [0.717, 1.165) is 32.1 Å². The molecule has 0 aromatic carbocycles. The molecule has 2 amide bonds. The molecule has 112 valence electrons. The molecule has 1 aliphatic rings. The molecular weight excluding hydrogens is 258 g/mol. The number of amides is 2. The first-order chi connectivity index (χ1) is 9.65. The molecule has 1 heterocycles. The van der Waals surface area contributed by atoms with Crippen molar-refractivity contribution in [2.75, 3.05) is 0 Å². The number of hydrogen-bond acceptors (Lipinski definition) is 4. The Morgan fingerprint density at radius 2 is 1.60 bits per heavy atom. The van der Waals surface area contributed by atoms with Crippen molar-refractivity contribution in [3.05, 3.63) is 12.7 Å². The van der Waals surface area contributed by atoms with Gasteiger partial charge in [-0.25, -0.2) is 4.79 Å². The van der Waals surface area contributed by atoms with E-state index in [4.69, 9.17) is 4.84 Å². The summed E-state index contributed by atoms with van der Waals surface area (Å²) in [6.07, 6.45) is 9.82. The maximum Gasteiger partial charge on any atom is 0.333 e. The van der Waals surface area contributed by atoms with Crippen molar-refractivity contribution in [2.24, 2.45) is 0 Å². The van der Waals surface area contributed by atoms with E-state index in [1.807, 2.05) is 6.08 Å². The first-order valence-electron chi connectivity index (χ1n) is 7.32. The normalized spacial score (nSPS) is 14.7. The van der Waals surface area contributed by atoms with Crippen molar-refractivity contribution in [2.45, 2.75) is 64.2 Å². The van der Waals surface area contributed by atoms with E-state index in [-0.39, 0.29) is 19.3 Å². The van der Waals surface area contributed by atoms with Gasteiger partial charge in [0.15, 0.2) is 0 Å². The molecule has 0 radical (unpaired) electrons. The molecule has 1 saturated heterocycles. The van der Waals surface area contributed by atoms with Crippen LogP contribution in [-0.2, 0) is 19.2 Å². The zero-order valence-corrected chi connectivity index (χ0v) is 11.9. The van der Waals surface area contributed by atoms with E-state index >= 15 is 0 Å². The number of carbonyl (C=O) groups excluding carboxylic acids is 3. The molecule has 0 aromatic heterocycles. The van der Waals surface area contributed by atoms with Gasteiger partial charge in [-0.3, -0.25) is 9.59 Å². The van der Waals surface area contributed by atoms with E-state index < -0.39 is 17.8 Å². The first kappa shape index (κ1) is 16.4. The highest BCUT2D eigenvalue weighted by molar-refractivity contribution is 6.01. The molecule has 5 nitrogen and oxygen atoms in total. The fraction of sp³-hybridized carbons (Fsp3) is 0.667. The maximum absolute atomic E-state index is 11.5. The molecule has 0 atom stereocenters. The summed E-state index contributed by atoms with van der Waals surface area (Å²) < 4.78 is 0. The third-order valence-corrected chi connectivity index (χ3v) is 3.24. The molecule has 5 heteroatoms. The van der Waals surface area contributed by atoms with E-state index in [1.165, 1.54) is 12.8 Å². The monoisotopic (exact) mass is 281 g/mol. The molecular formula is C15H23NO4. The number of rotatable bonds is 10. The van der Waals surface area contributed by atoms with Crippen LogP contribution < -0.4 is 0 Å². The van der Waals surface area contributed by atoms with Crippen molar-refractivity contribution in [1.29, 1.82) is 0 Å². The summed E-state index contributed by atoms with van der Waals surface area (Å²) in [6, 6.07) is 0. The van der Waals surface area contributed by atoms with Gasteiger partial charge in [0.2, 0.25) is 0 Å². The third kappa shape index (κ3) is 5.99. The van der Waals surface area contributed by atoms with Crippen molar-refractivity contribution in [1.82, 2.24) is 5.06 Å². The van der Waals surface area contributed by atoms with Gasteiger partial charge in [0.1, 0.15) is 0 Å². The number of nitrogens with zero attached hydrogens (tertiary/aromatic N) is 1. The Morgan fingerprint density at radius 3 is 2.20 bits per heavy atom. The maximum atomic E-state index is 11.5. The predicted octanol–water partition coefficient (Wildman–Crippen LogP) is 2.90. The molecule has 0 saturated carbocycles. The second kappa shape index (κ2) is 9.28. The van der Waals surface area contributed by atoms with Gasteiger partial charge in [-0.2, -0.15) is 0 Å². The topological polar surface area (TPSA) is 63.7 Å². The third-order valence-electron chi connectivity index (χ3n) is 3.24. The first-order valence-corrected chi connectivity index (χ1v) is 7.32. The van der Waals surface area contributed by atoms with Crippen LogP contribution in [0.15, 0.2) is 12.7 Å². The Morgan fingerprint density at radius 1 is 1.05 bits per heavy atom. The summed E-state index contributed by atoms with van der Waals surface area (Å²) >= 11 is 0. The van der Waals surface area contributed by atoms with Crippen LogP contribution in [0.5, 0.6) is 0 Å². The van der Waals surface area contributed by atoms with Gasteiger partial charge in [0.05, 0.1) is 0 Å². The summed E-state index contributed by atoms with van der Waals surface area (Å²) in [5, 5.41) is 0.609. The molecule has 0 N–H and O–H groups in total. The average molecular weight is 281 g/mol. The van der Waals surface area contributed by atoms with Crippen LogP contribution in [0.4, 0.5) is 0 Å². The van der Waals surface area contributed by atoms with Crippen LogP contribution in [0.2, 0.25) is 0 Å². The van der Waals surface area contributed by atoms with Gasteiger partial charge in [-0.05, 0) is 19.3 Å². The van der Waals surface area contributed by atoms with E-state index in [1.54, 1.807) is 0 Å². The smallest absolute Gasteiger partial charge is 0.330 e. The molecule has 1 rings (SSSR count). The molecule has 0 spiro atoms. The van der Waals surface area contributed by atoms with E-state index in [0.29, 0.717) is 5.06 Å². The molecule has 1 fully saturated rings. The molecule has 20 heavy (non-hydrogen) atoms. The van der Waals surface area contributed by atoms with Gasteiger partial charge >= 0.3 is 5.97 Å². The minimum Gasteiger partial charge on any atom is -0.330 e. The fourth-order valence-corrected chi connectivity index (χ4v) is 2.07. The summed E-state index contributed by atoms with van der Waals surface area (Å²) in [7, 11) is 0. The lowest BCUT2D eigenvalue weighted by molar-refractivity contribution is -0.197. The number of allylic oxidation sites excluding steroid dienone is 1. The van der Waals surface area contributed by atoms with Crippen LogP contribution in [0.3, 0.4) is 0 Å². The standard InChI is InChI=1S/C15H23NO4/c1-2-3-4-5-6-7-8-9-10-15(19)20-16-13(17)11-12-14(16)18/h2H,1,3-12H2. The summed E-state index contributed by atoms with van der Waals surface area (Å²) in [5.41, 5.74) is 0. The number of carbonyl (C=O) groups is 3. The van der Waals surface area contributed by atoms with Gasteiger partial charge < -0.3 is 4.84 Å². The minimum atomic E-state index is -0.500. The average Bonchev–Trinajstić information content (AvgIpc) is 2.73. The Labute approximate surface area is 119 Å². The number of hydroxylamine groups is 2. The number of hydrogen-bond donors (Lipinski definition) is 0. The highest BCUT2D eigenvalue weighted by Gasteiger charge is 2.32. The summed E-state index contributed by atoms with van der Waals surface area (Å²) in [5.74, 6) is -1.35. The van der Waals surface area contributed by atoms with Gasteiger partial charge in [-0.1, -0.05) is 31.8 Å². The Balaban J connectivity index is 2.01. The van der Waals surface area contributed by atoms with Crippen molar-refractivity contribution >= 4 is 17.8 Å². The highest BCUT2D eigenvalue weighted by Crippen LogP contribution is 2.14. The molecule has 0 aliphatic carbocycles. The summed E-state index contributed by atoms with van der Waals surface area (Å²) in [4.78, 5) is 38.7. The van der Waals surface area contributed by atoms with E-state index in [2.05, 4.69) is 6.58 Å². The lowest BCUT2D eigenvalue weighted by atomic mass is 10.1. The van der Waals surface area contributed by atoms with Crippen molar-refractivity contribution < 1.29 is 19.2 Å². The van der Waals surface area contributed by atoms with Gasteiger partial charge in [0.25, 0.3) is 11.8 Å². The zero-order chi connectivity index (χ0) is 14.8. The SMILES string of the molecule is C=CCCCCCCCCC(=O)ON1C(=O)CCC1=O. The lowest BCUT2D eigenvalue weighted by Crippen LogP contribution is -2.31. The molecule has 0 bridgehead atoms. The van der Waals surface area contributed by atoms with Crippen LogP contribution >= 0.6 is 0 Å². The van der Waals surface area contributed by atoms with E-state index in [9.17, 15) is 14.4 Å². The summed E-state index contributed by atoms with van der Waals surface area (Å²) in [6.45, 7) is 3.68. The molecule has 0 unspecified atom stereocenters. The van der Waals surface area contributed by atoms with Crippen molar-refractivity contribution in [3.8, 4) is 0 Å². The molecule has 1 aliphatic heterocycles. The second-order valence-electron chi connectivity index (χ2n) is 4.99. The largest absolute Gasteiger partial charge is 0.333 e. The Hall–Kier alpha value is -1.65. The number of unbranched alkanes of at least 4 members (excludes halogenated alkanes) is 6. The van der Waals surface area contributed by atoms with Crippen LogP contribution in [0.25, 0.3) is 0 Å². The predicted molar refractivity (Wildman–Crippen MR) is 74.3 cm³/mol. The van der Waals surface area contributed by atoms with Gasteiger partial charge in [-0.15, -0.1) is 11.6 Å². The Bertz CT molecular complexity index is 349. The minimum absolute atomic E-state index is 0.136. The Kier molecular flexibility index (Phi) is 7.62. The van der Waals surface area contributed by atoms with Crippen LogP contribution in [-0.4, -0.2) is 22.8 Å². The fourth-order valence-electron chi connectivity index (χ4n) is 2.07. The lowest BCUT2D eigenvalue weighted by Gasteiger charge is -2.12. The zero-order valence-electron chi connectivity index (χ0n) is 11.9. The van der Waals surface area contributed by atoms with Crippen molar-refractivity contribution in [3.63, 3.8) is 0 Å². The number of imide groups is 1. The van der Waals surface area contributed by atoms with Crippen LogP contribution in [0, 0.1) is 0 Å². The quantitative estimate of drug-likeness (QED) is 0.351. The van der Waals surface area contributed by atoms with Crippen LogP contribution in [0.1, 0.15) is 64.2 Å².